The lowest BCUT2D eigenvalue weighted by molar-refractivity contribution is 1.07. The molecule has 14 heavy (non-hydrogen) atoms. The van der Waals surface area contributed by atoms with Crippen molar-refractivity contribution in [2.24, 2.45) is 0 Å². The van der Waals surface area contributed by atoms with Crippen molar-refractivity contribution in [1.82, 2.24) is 0 Å². The van der Waals surface area contributed by atoms with E-state index in [1.807, 2.05) is 25.1 Å². The highest BCUT2D eigenvalue weighted by Crippen LogP contribution is 2.21. The van der Waals surface area contributed by atoms with E-state index in [1.165, 1.54) is 5.69 Å². The Balaban J connectivity index is 2.28. The zero-order valence-electron chi connectivity index (χ0n) is 8.27. The zero-order chi connectivity index (χ0) is 9.97. The fourth-order valence-electron chi connectivity index (χ4n) is 1.50. The van der Waals surface area contributed by atoms with Gasteiger partial charge in [-0.1, -0.05) is 12.2 Å². The summed E-state index contributed by atoms with van der Waals surface area (Å²) >= 11 is 0. The summed E-state index contributed by atoms with van der Waals surface area (Å²) in [7, 11) is 0. The van der Waals surface area contributed by atoms with Crippen LogP contribution in [-0.4, -0.2) is 6.54 Å². The fraction of sp³-hybridized carbons (Fsp3) is 0.167. The van der Waals surface area contributed by atoms with Gasteiger partial charge in [0.05, 0.1) is 0 Å². The highest BCUT2D eigenvalue weighted by molar-refractivity contribution is 5.60. The number of hydrogen-bond donors (Lipinski definition) is 1. The lowest BCUT2D eigenvalue weighted by atomic mass is 10.1. The molecule has 0 radical (unpaired) electrons. The molecule has 0 saturated carbocycles. The van der Waals surface area contributed by atoms with E-state index >= 15 is 0 Å². The molecular formula is C12H14N2. The number of aryl methyl sites for hydroxylation is 1. The molecule has 1 aromatic rings. The molecule has 2 nitrogen and oxygen atoms in total. The third kappa shape index (κ3) is 1.64. The average Bonchev–Trinajstić information content (AvgIpc) is 2.23. The van der Waals surface area contributed by atoms with Crippen LogP contribution in [0.2, 0.25) is 0 Å². The van der Waals surface area contributed by atoms with E-state index in [-0.39, 0.29) is 0 Å². The Morgan fingerprint density at radius 3 is 2.79 bits per heavy atom. The Labute approximate surface area is 84.3 Å². The smallest absolute Gasteiger partial charge is 0.0413 e. The van der Waals surface area contributed by atoms with E-state index in [2.05, 4.69) is 29.3 Å². The van der Waals surface area contributed by atoms with Gasteiger partial charge in [-0.2, -0.15) is 0 Å². The highest BCUT2D eigenvalue weighted by atomic mass is 15.1. The maximum Gasteiger partial charge on any atom is 0.0413 e. The molecule has 0 spiro atoms. The van der Waals surface area contributed by atoms with Crippen molar-refractivity contribution in [3.63, 3.8) is 0 Å². The van der Waals surface area contributed by atoms with Crippen LogP contribution in [0.4, 0.5) is 11.4 Å². The van der Waals surface area contributed by atoms with Crippen molar-refractivity contribution in [3.05, 3.63) is 48.2 Å². The predicted molar refractivity (Wildman–Crippen MR) is 61.2 cm³/mol. The van der Waals surface area contributed by atoms with E-state index < -0.39 is 0 Å². The van der Waals surface area contributed by atoms with Crippen LogP contribution in [0.25, 0.3) is 0 Å². The number of anilines is 2. The Hall–Kier alpha value is -1.70. The summed E-state index contributed by atoms with van der Waals surface area (Å²) in [6, 6.07) is 6.11. The van der Waals surface area contributed by atoms with Gasteiger partial charge in [-0.25, -0.2) is 0 Å². The topological polar surface area (TPSA) is 29.3 Å². The second kappa shape index (κ2) is 3.58. The number of hydrogen-bond acceptors (Lipinski definition) is 2. The first kappa shape index (κ1) is 8.88. The summed E-state index contributed by atoms with van der Waals surface area (Å²) in [4.78, 5) is 2.19. The van der Waals surface area contributed by atoms with Crippen LogP contribution in [0, 0.1) is 6.92 Å². The second-order valence-corrected chi connectivity index (χ2v) is 3.46. The zero-order valence-corrected chi connectivity index (χ0v) is 8.27. The highest BCUT2D eigenvalue weighted by Gasteiger charge is 2.04. The average molecular weight is 186 g/mol. The van der Waals surface area contributed by atoms with Crippen molar-refractivity contribution >= 4 is 11.4 Å². The van der Waals surface area contributed by atoms with Crippen molar-refractivity contribution < 1.29 is 0 Å². The summed E-state index contributed by atoms with van der Waals surface area (Å²) in [6.45, 7) is 2.96. The van der Waals surface area contributed by atoms with Crippen molar-refractivity contribution in [1.29, 1.82) is 0 Å². The summed E-state index contributed by atoms with van der Waals surface area (Å²) < 4.78 is 0. The van der Waals surface area contributed by atoms with Gasteiger partial charge < -0.3 is 10.6 Å². The standard InChI is InChI=1S/C12H14N2/c1-10-9-11(5-6-12(10)13)14-7-3-2-4-8-14/h2-7,9H,8,13H2,1H3. The minimum absolute atomic E-state index is 0.852. The van der Waals surface area contributed by atoms with Gasteiger partial charge in [-0.15, -0.1) is 0 Å². The van der Waals surface area contributed by atoms with E-state index in [0.29, 0.717) is 0 Å². The molecule has 1 aliphatic rings. The molecule has 0 bridgehead atoms. The third-order valence-corrected chi connectivity index (χ3v) is 2.40. The first-order valence-corrected chi connectivity index (χ1v) is 4.73. The van der Waals surface area contributed by atoms with E-state index in [9.17, 15) is 0 Å². The Morgan fingerprint density at radius 1 is 1.29 bits per heavy atom. The molecule has 1 aliphatic heterocycles. The van der Waals surface area contributed by atoms with Crippen LogP contribution in [0.1, 0.15) is 5.56 Å². The maximum absolute atomic E-state index is 5.77. The van der Waals surface area contributed by atoms with Crippen LogP contribution < -0.4 is 10.6 Å². The second-order valence-electron chi connectivity index (χ2n) is 3.46. The Morgan fingerprint density at radius 2 is 2.14 bits per heavy atom. The Bertz CT molecular complexity index is 391. The quantitative estimate of drug-likeness (QED) is 0.683. The molecule has 72 valence electrons. The lowest BCUT2D eigenvalue weighted by Crippen LogP contribution is -2.17. The molecule has 0 atom stereocenters. The number of nitrogen functional groups attached to an aromatic ring is 1. The Kier molecular flexibility index (Phi) is 2.27. The molecule has 0 saturated heterocycles. The van der Waals surface area contributed by atoms with E-state index in [4.69, 9.17) is 5.73 Å². The van der Waals surface area contributed by atoms with Crippen LogP contribution >= 0.6 is 0 Å². The molecular weight excluding hydrogens is 172 g/mol. The molecule has 2 N–H and O–H groups in total. The van der Waals surface area contributed by atoms with Crippen LogP contribution in [-0.2, 0) is 0 Å². The number of allylic oxidation sites excluding steroid dienone is 2. The van der Waals surface area contributed by atoms with Crippen molar-refractivity contribution in [3.8, 4) is 0 Å². The predicted octanol–water partition coefficient (Wildman–Crippen LogP) is 2.47. The van der Waals surface area contributed by atoms with Gasteiger partial charge in [0.2, 0.25) is 0 Å². The largest absolute Gasteiger partial charge is 0.399 e. The van der Waals surface area contributed by atoms with Crippen LogP contribution in [0.15, 0.2) is 42.6 Å². The molecule has 0 amide bonds. The van der Waals surface area contributed by atoms with Crippen molar-refractivity contribution in [2.75, 3.05) is 17.2 Å². The number of nitrogens with two attached hydrogens (primary N) is 1. The SMILES string of the molecule is Cc1cc(N2C=CC=CC2)ccc1N. The summed E-state index contributed by atoms with van der Waals surface area (Å²) in [6.07, 6.45) is 8.30. The van der Waals surface area contributed by atoms with Gasteiger partial charge in [-0.3, -0.25) is 0 Å². The first-order valence-electron chi connectivity index (χ1n) is 4.73. The van der Waals surface area contributed by atoms with Crippen LogP contribution in [0.3, 0.4) is 0 Å². The molecule has 0 fully saturated rings. The van der Waals surface area contributed by atoms with Gasteiger partial charge >= 0.3 is 0 Å². The molecule has 2 heteroatoms. The monoisotopic (exact) mass is 186 g/mol. The number of rotatable bonds is 1. The van der Waals surface area contributed by atoms with Crippen LogP contribution in [0.5, 0.6) is 0 Å². The lowest BCUT2D eigenvalue weighted by Gasteiger charge is -2.21. The summed E-state index contributed by atoms with van der Waals surface area (Å²) in [5.41, 5.74) is 8.94. The van der Waals surface area contributed by atoms with E-state index in [1.54, 1.807) is 0 Å². The van der Waals surface area contributed by atoms with Gasteiger partial charge in [0, 0.05) is 24.1 Å². The number of benzene rings is 1. The summed E-state index contributed by atoms with van der Waals surface area (Å²) in [5, 5.41) is 0. The summed E-state index contributed by atoms with van der Waals surface area (Å²) in [5.74, 6) is 0. The third-order valence-electron chi connectivity index (χ3n) is 2.40. The van der Waals surface area contributed by atoms with Gasteiger partial charge in [0.15, 0.2) is 0 Å². The minimum Gasteiger partial charge on any atom is -0.399 e. The molecule has 1 heterocycles. The molecule has 1 aromatic carbocycles. The molecule has 2 rings (SSSR count). The van der Waals surface area contributed by atoms with Gasteiger partial charge in [-0.05, 0) is 36.8 Å². The van der Waals surface area contributed by atoms with E-state index in [0.717, 1.165) is 17.8 Å². The minimum atomic E-state index is 0.852. The first-order chi connectivity index (χ1) is 6.77. The van der Waals surface area contributed by atoms with Gasteiger partial charge in [0.1, 0.15) is 0 Å². The fourth-order valence-corrected chi connectivity index (χ4v) is 1.50. The molecule has 0 aromatic heterocycles. The molecule has 0 aliphatic carbocycles. The number of nitrogens with zero attached hydrogens (tertiary/aromatic N) is 1. The normalized spacial score (nSPS) is 14.8. The van der Waals surface area contributed by atoms with Crippen molar-refractivity contribution in [2.45, 2.75) is 6.92 Å². The molecule has 0 unspecified atom stereocenters. The maximum atomic E-state index is 5.77. The van der Waals surface area contributed by atoms with Gasteiger partial charge in [0.25, 0.3) is 0 Å².